The zero-order valence-corrected chi connectivity index (χ0v) is 9.82. The van der Waals surface area contributed by atoms with Gasteiger partial charge in [-0.2, -0.15) is 4.98 Å². The van der Waals surface area contributed by atoms with Crippen molar-refractivity contribution in [1.82, 2.24) is 14.6 Å². The van der Waals surface area contributed by atoms with Crippen molar-refractivity contribution in [3.05, 3.63) is 48.2 Å². The summed E-state index contributed by atoms with van der Waals surface area (Å²) >= 11 is 0. The summed E-state index contributed by atoms with van der Waals surface area (Å²) in [6.45, 7) is 0. The highest BCUT2D eigenvalue weighted by molar-refractivity contribution is 5.89. The van der Waals surface area contributed by atoms with Gasteiger partial charge in [-0.1, -0.05) is 30.3 Å². The highest BCUT2D eigenvalue weighted by Crippen LogP contribution is 2.24. The van der Waals surface area contributed by atoms with E-state index < -0.39 is 5.97 Å². The van der Waals surface area contributed by atoms with Crippen molar-refractivity contribution in [3.63, 3.8) is 0 Å². The molecule has 0 bridgehead atoms. The molecule has 0 fully saturated rings. The number of hydrogen-bond acceptors (Lipinski definition) is 4. The van der Waals surface area contributed by atoms with E-state index in [0.717, 1.165) is 11.1 Å². The maximum absolute atomic E-state index is 11.1. The third-order valence-electron chi connectivity index (χ3n) is 2.80. The van der Waals surface area contributed by atoms with Crippen LogP contribution in [0.25, 0.3) is 16.8 Å². The summed E-state index contributed by atoms with van der Waals surface area (Å²) in [5.74, 6) is -1.03. The molecule has 3 aromatic rings. The van der Waals surface area contributed by atoms with Gasteiger partial charge in [-0.3, -0.25) is 0 Å². The lowest BCUT2D eigenvalue weighted by molar-refractivity contribution is 0.0687. The second-order valence-electron chi connectivity index (χ2n) is 4.01. The molecule has 0 aliphatic carbocycles. The number of aromatic carboxylic acids is 1. The Morgan fingerprint density at radius 3 is 2.58 bits per heavy atom. The number of rotatable bonds is 2. The van der Waals surface area contributed by atoms with Gasteiger partial charge in [-0.05, 0) is 17.7 Å². The molecule has 0 aliphatic heterocycles. The van der Waals surface area contributed by atoms with Crippen LogP contribution in [0.4, 0.5) is 5.95 Å². The first-order chi connectivity index (χ1) is 9.16. The van der Waals surface area contributed by atoms with Crippen LogP contribution in [0, 0.1) is 0 Å². The molecule has 0 radical (unpaired) electrons. The Bertz CT molecular complexity index is 765. The van der Waals surface area contributed by atoms with E-state index in [4.69, 9.17) is 10.8 Å². The van der Waals surface area contributed by atoms with Gasteiger partial charge in [-0.15, -0.1) is 5.10 Å². The molecule has 3 N–H and O–H groups in total. The zero-order valence-electron chi connectivity index (χ0n) is 9.82. The fraction of sp³-hybridized carbons (Fsp3) is 0. The number of benzene rings is 1. The largest absolute Gasteiger partial charge is 0.477 e. The molecule has 6 nitrogen and oxygen atoms in total. The minimum absolute atomic E-state index is 0.0267. The summed E-state index contributed by atoms with van der Waals surface area (Å²) in [5, 5.41) is 13.0. The van der Waals surface area contributed by atoms with Crippen LogP contribution in [0.15, 0.2) is 42.5 Å². The van der Waals surface area contributed by atoms with Crippen LogP contribution >= 0.6 is 0 Å². The topological polar surface area (TPSA) is 93.5 Å². The summed E-state index contributed by atoms with van der Waals surface area (Å²) < 4.78 is 1.25. The van der Waals surface area contributed by atoms with Crippen molar-refractivity contribution in [1.29, 1.82) is 0 Å². The van der Waals surface area contributed by atoms with Gasteiger partial charge < -0.3 is 10.8 Å². The maximum atomic E-state index is 11.1. The van der Waals surface area contributed by atoms with Crippen LogP contribution in [-0.4, -0.2) is 25.7 Å². The number of fused-ring (bicyclic) bond motifs is 1. The molecular formula is C13H10N4O2. The molecule has 6 heteroatoms. The number of hydrogen-bond donors (Lipinski definition) is 2. The van der Waals surface area contributed by atoms with Crippen LogP contribution in [0.5, 0.6) is 0 Å². The van der Waals surface area contributed by atoms with Crippen molar-refractivity contribution in [2.24, 2.45) is 0 Å². The number of nitrogens with two attached hydrogens (primary N) is 1. The molecule has 0 spiro atoms. The smallest absolute Gasteiger partial charge is 0.354 e. The van der Waals surface area contributed by atoms with Gasteiger partial charge >= 0.3 is 5.97 Å². The molecule has 0 saturated heterocycles. The first-order valence-electron chi connectivity index (χ1n) is 5.61. The molecule has 0 saturated carbocycles. The van der Waals surface area contributed by atoms with Crippen molar-refractivity contribution in [2.75, 3.05) is 5.73 Å². The summed E-state index contributed by atoms with van der Waals surface area (Å²) in [6.07, 6.45) is 0. The normalized spacial score (nSPS) is 10.7. The summed E-state index contributed by atoms with van der Waals surface area (Å²) in [7, 11) is 0. The van der Waals surface area contributed by atoms with Crippen LogP contribution in [0.2, 0.25) is 0 Å². The highest BCUT2D eigenvalue weighted by Gasteiger charge is 2.15. The van der Waals surface area contributed by atoms with Gasteiger partial charge in [-0.25, -0.2) is 9.31 Å². The monoisotopic (exact) mass is 254 g/mol. The molecule has 19 heavy (non-hydrogen) atoms. The lowest BCUT2D eigenvalue weighted by atomic mass is 10.1. The molecule has 0 atom stereocenters. The number of nitrogen functional groups attached to an aromatic ring is 1. The van der Waals surface area contributed by atoms with Gasteiger partial charge in [0.15, 0.2) is 11.3 Å². The predicted octanol–water partition coefficient (Wildman–Crippen LogP) is 1.68. The van der Waals surface area contributed by atoms with E-state index in [1.807, 2.05) is 30.3 Å². The number of carboxylic acid groups (broad SMARTS) is 1. The van der Waals surface area contributed by atoms with E-state index >= 15 is 0 Å². The molecule has 0 aliphatic rings. The van der Waals surface area contributed by atoms with Crippen molar-refractivity contribution in [2.45, 2.75) is 0 Å². The molecule has 1 aromatic carbocycles. The Morgan fingerprint density at radius 1 is 1.16 bits per heavy atom. The van der Waals surface area contributed by atoms with E-state index in [1.165, 1.54) is 10.6 Å². The third-order valence-corrected chi connectivity index (χ3v) is 2.80. The van der Waals surface area contributed by atoms with Gasteiger partial charge in [0.05, 0.1) is 0 Å². The quantitative estimate of drug-likeness (QED) is 0.725. The molecular weight excluding hydrogens is 244 g/mol. The van der Waals surface area contributed by atoms with Crippen molar-refractivity contribution >= 4 is 17.6 Å². The van der Waals surface area contributed by atoms with E-state index in [2.05, 4.69) is 10.1 Å². The van der Waals surface area contributed by atoms with Gasteiger partial charge in [0.1, 0.15) is 0 Å². The van der Waals surface area contributed by atoms with Gasteiger partial charge in [0.2, 0.25) is 5.95 Å². The van der Waals surface area contributed by atoms with Gasteiger partial charge in [0.25, 0.3) is 0 Å². The number of nitrogens with zero attached hydrogens (tertiary/aromatic N) is 3. The van der Waals surface area contributed by atoms with E-state index in [0.29, 0.717) is 5.65 Å². The Morgan fingerprint density at radius 2 is 1.89 bits per heavy atom. The number of aromatic nitrogens is 3. The van der Waals surface area contributed by atoms with Gasteiger partial charge in [0, 0.05) is 5.56 Å². The number of carbonyl (C=O) groups is 1. The van der Waals surface area contributed by atoms with E-state index in [1.54, 1.807) is 6.07 Å². The predicted molar refractivity (Wildman–Crippen MR) is 69.8 cm³/mol. The fourth-order valence-electron chi connectivity index (χ4n) is 1.98. The fourth-order valence-corrected chi connectivity index (χ4v) is 1.98. The van der Waals surface area contributed by atoms with Crippen LogP contribution in [-0.2, 0) is 0 Å². The molecule has 2 heterocycles. The van der Waals surface area contributed by atoms with Crippen molar-refractivity contribution < 1.29 is 9.90 Å². The molecule has 0 unspecified atom stereocenters. The van der Waals surface area contributed by atoms with Crippen molar-refractivity contribution in [3.8, 4) is 11.1 Å². The zero-order chi connectivity index (χ0) is 13.4. The summed E-state index contributed by atoms with van der Waals surface area (Å²) in [5.41, 5.74) is 7.75. The van der Waals surface area contributed by atoms with Crippen LogP contribution < -0.4 is 5.73 Å². The maximum Gasteiger partial charge on any atom is 0.354 e. The summed E-state index contributed by atoms with van der Waals surface area (Å²) in [6, 6.07) is 12.7. The number of carboxylic acids is 1. The minimum Gasteiger partial charge on any atom is -0.477 e. The van der Waals surface area contributed by atoms with Crippen LogP contribution in [0.3, 0.4) is 0 Å². The highest BCUT2D eigenvalue weighted by atomic mass is 16.4. The first-order valence-corrected chi connectivity index (χ1v) is 5.61. The Hall–Kier alpha value is -2.89. The lowest BCUT2D eigenvalue weighted by Crippen LogP contribution is -2.07. The number of pyridine rings is 1. The Labute approximate surface area is 108 Å². The molecule has 94 valence electrons. The second-order valence-corrected chi connectivity index (χ2v) is 4.01. The molecule has 3 rings (SSSR count). The second kappa shape index (κ2) is 4.09. The SMILES string of the molecule is Nc1nc2c(-c3ccccc3)ccc(C(=O)O)n2n1. The average Bonchev–Trinajstić information content (AvgIpc) is 2.79. The average molecular weight is 254 g/mol. The first kappa shape index (κ1) is 11.2. The minimum atomic E-state index is -1.07. The molecule has 0 amide bonds. The van der Waals surface area contributed by atoms with E-state index in [9.17, 15) is 4.79 Å². The Kier molecular flexibility index (Phi) is 2.42. The third kappa shape index (κ3) is 1.79. The number of anilines is 1. The summed E-state index contributed by atoms with van der Waals surface area (Å²) in [4.78, 5) is 15.2. The Balaban J connectivity index is 2.34. The van der Waals surface area contributed by atoms with E-state index in [-0.39, 0.29) is 11.6 Å². The van der Waals surface area contributed by atoms with Crippen LogP contribution in [0.1, 0.15) is 10.5 Å². The lowest BCUT2D eigenvalue weighted by Gasteiger charge is -2.05. The molecule has 2 aromatic heterocycles. The standard InChI is InChI=1S/C13H10N4O2/c14-13-15-11-9(8-4-2-1-3-5-8)6-7-10(12(18)19)17(11)16-13/h1-7H,(H2,14,16)(H,18,19).